The number of aromatic nitrogens is 1. The van der Waals surface area contributed by atoms with Crippen LogP contribution in [0.5, 0.6) is 0 Å². The molecule has 0 amide bonds. The van der Waals surface area contributed by atoms with Gasteiger partial charge in [-0.3, -0.25) is 0 Å². The minimum absolute atomic E-state index is 0.705. The first-order valence-corrected chi connectivity index (χ1v) is 11.1. The van der Waals surface area contributed by atoms with Gasteiger partial charge in [-0.1, -0.05) is 70.5 Å². The molecule has 27 heavy (non-hydrogen) atoms. The van der Waals surface area contributed by atoms with E-state index in [1.165, 1.54) is 27.7 Å². The number of fused-ring (bicyclic) bond motifs is 8. The van der Waals surface area contributed by atoms with Crippen molar-refractivity contribution >= 4 is 21.8 Å². The zero-order chi connectivity index (χ0) is 19.0. The Morgan fingerprint density at radius 1 is 0.815 bits per heavy atom. The highest BCUT2D eigenvalue weighted by Gasteiger charge is 2.56. The lowest BCUT2D eigenvalue weighted by Crippen LogP contribution is -2.30. The van der Waals surface area contributed by atoms with Gasteiger partial charge < -0.3 is 4.98 Å². The summed E-state index contributed by atoms with van der Waals surface area (Å²) in [6.45, 7) is 9.01. The van der Waals surface area contributed by atoms with Gasteiger partial charge in [0, 0.05) is 21.8 Å². The Labute approximate surface area is 164 Å². The van der Waals surface area contributed by atoms with Crippen molar-refractivity contribution in [2.45, 2.75) is 59.8 Å². The van der Waals surface area contributed by atoms with Crippen LogP contribution in [0.2, 0.25) is 0 Å². The summed E-state index contributed by atoms with van der Waals surface area (Å²) >= 11 is 0. The fourth-order valence-electron chi connectivity index (χ4n) is 6.54. The minimum atomic E-state index is 0.705. The molecule has 0 saturated heterocycles. The predicted octanol–water partition coefficient (Wildman–Crippen LogP) is 7.82. The molecule has 4 unspecified atom stereocenters. The summed E-state index contributed by atoms with van der Waals surface area (Å²) < 4.78 is 0. The molecule has 144 valence electrons. The summed E-state index contributed by atoms with van der Waals surface area (Å²) in [7, 11) is 0. The number of nitrogens with one attached hydrogen (secondary N) is 1. The zero-order valence-corrected chi connectivity index (χ0v) is 17.5. The molecule has 0 radical (unpaired) electrons. The SMILES string of the molecule is CC.CC1(C)CC2CC1C1CCCC21.c1ccc2c(c1)[nH]c1ccccc12. The summed E-state index contributed by atoms with van der Waals surface area (Å²) in [6.07, 6.45) is 7.80. The molecular formula is C26H35N. The van der Waals surface area contributed by atoms with Crippen molar-refractivity contribution in [1.29, 1.82) is 0 Å². The van der Waals surface area contributed by atoms with E-state index in [1.807, 2.05) is 13.8 Å². The first-order chi connectivity index (χ1) is 13.1. The number of para-hydroxylation sites is 2. The number of aromatic amines is 1. The van der Waals surface area contributed by atoms with E-state index in [0.717, 1.165) is 17.8 Å². The Morgan fingerprint density at radius 2 is 1.37 bits per heavy atom. The summed E-state index contributed by atoms with van der Waals surface area (Å²) in [5.41, 5.74) is 3.13. The Balaban J connectivity index is 0.000000123. The molecule has 0 spiro atoms. The molecule has 1 nitrogen and oxygen atoms in total. The van der Waals surface area contributed by atoms with Crippen LogP contribution in [0.4, 0.5) is 0 Å². The van der Waals surface area contributed by atoms with Gasteiger partial charge in [-0.15, -0.1) is 0 Å². The molecular weight excluding hydrogens is 326 g/mol. The standard InChI is InChI=1S/C12H9N.C12H20.C2H6/c1-3-7-11-9(5-1)10-6-2-4-8-12(10)13-11;1-12(2)7-8-6-11(12)10-5-3-4-9(8)10;1-2/h1-8,13H;8-11H,3-7H2,1-2H3;1-2H3. The Bertz CT molecular complexity index is 852. The first-order valence-electron chi connectivity index (χ1n) is 11.1. The molecule has 6 rings (SSSR count). The molecule has 3 aliphatic carbocycles. The molecule has 2 aromatic carbocycles. The van der Waals surface area contributed by atoms with E-state index in [2.05, 4.69) is 67.4 Å². The Morgan fingerprint density at radius 3 is 2.00 bits per heavy atom. The molecule has 0 aliphatic heterocycles. The largest absolute Gasteiger partial charge is 0.355 e. The van der Waals surface area contributed by atoms with E-state index >= 15 is 0 Å². The summed E-state index contributed by atoms with van der Waals surface area (Å²) in [5, 5.41) is 2.61. The first kappa shape index (κ1) is 18.6. The van der Waals surface area contributed by atoms with Crippen LogP contribution in [-0.4, -0.2) is 4.98 Å². The third kappa shape index (κ3) is 3.20. The normalized spacial score (nSPS) is 29.8. The minimum Gasteiger partial charge on any atom is -0.355 e. The van der Waals surface area contributed by atoms with Crippen molar-refractivity contribution < 1.29 is 0 Å². The van der Waals surface area contributed by atoms with E-state index < -0.39 is 0 Å². The van der Waals surface area contributed by atoms with Crippen LogP contribution >= 0.6 is 0 Å². The topological polar surface area (TPSA) is 15.8 Å². The lowest BCUT2D eigenvalue weighted by atomic mass is 9.68. The molecule has 3 fully saturated rings. The maximum atomic E-state index is 3.38. The van der Waals surface area contributed by atoms with Crippen LogP contribution in [0.3, 0.4) is 0 Å². The summed E-state index contributed by atoms with van der Waals surface area (Å²) in [5.74, 6) is 4.56. The Hall–Kier alpha value is -1.76. The second-order valence-electron chi connectivity index (χ2n) is 9.27. The highest BCUT2D eigenvalue weighted by atomic mass is 14.7. The van der Waals surface area contributed by atoms with Crippen molar-refractivity contribution in [1.82, 2.24) is 4.98 Å². The molecule has 1 N–H and O–H groups in total. The van der Waals surface area contributed by atoms with Crippen LogP contribution in [0.25, 0.3) is 21.8 Å². The molecule has 3 aromatic rings. The lowest BCUT2D eigenvalue weighted by Gasteiger charge is -2.37. The molecule has 2 bridgehead atoms. The van der Waals surface area contributed by atoms with Crippen LogP contribution in [0.1, 0.15) is 59.8 Å². The highest BCUT2D eigenvalue weighted by Crippen LogP contribution is 2.65. The van der Waals surface area contributed by atoms with Crippen molar-refractivity contribution in [2.24, 2.45) is 29.1 Å². The zero-order valence-electron chi connectivity index (χ0n) is 17.5. The van der Waals surface area contributed by atoms with Crippen molar-refractivity contribution in [3.8, 4) is 0 Å². The molecule has 4 atom stereocenters. The van der Waals surface area contributed by atoms with E-state index in [-0.39, 0.29) is 0 Å². The molecule has 1 heterocycles. The maximum Gasteiger partial charge on any atom is 0.0464 e. The quantitative estimate of drug-likeness (QED) is 0.420. The van der Waals surface area contributed by atoms with Crippen LogP contribution in [-0.2, 0) is 0 Å². The van der Waals surface area contributed by atoms with Gasteiger partial charge >= 0.3 is 0 Å². The Kier molecular flexibility index (Phi) is 5.05. The molecule has 3 saturated carbocycles. The van der Waals surface area contributed by atoms with Crippen molar-refractivity contribution in [3.63, 3.8) is 0 Å². The van der Waals surface area contributed by atoms with Gasteiger partial charge in [0.1, 0.15) is 0 Å². The second kappa shape index (κ2) is 7.34. The fourth-order valence-corrected chi connectivity index (χ4v) is 6.54. The van der Waals surface area contributed by atoms with E-state index in [1.54, 1.807) is 32.1 Å². The van der Waals surface area contributed by atoms with Gasteiger partial charge in [0.2, 0.25) is 0 Å². The fraction of sp³-hybridized carbons (Fsp3) is 0.538. The average Bonchev–Trinajstić information content (AvgIpc) is 3.42. The number of hydrogen-bond acceptors (Lipinski definition) is 0. The summed E-state index contributed by atoms with van der Waals surface area (Å²) in [6, 6.07) is 16.8. The van der Waals surface area contributed by atoms with Gasteiger partial charge in [0.05, 0.1) is 0 Å². The van der Waals surface area contributed by atoms with Crippen molar-refractivity contribution in [2.75, 3.05) is 0 Å². The van der Waals surface area contributed by atoms with Crippen LogP contribution in [0.15, 0.2) is 48.5 Å². The van der Waals surface area contributed by atoms with Gasteiger partial charge in [-0.05, 0) is 66.9 Å². The van der Waals surface area contributed by atoms with Gasteiger partial charge in [-0.25, -0.2) is 0 Å². The second-order valence-corrected chi connectivity index (χ2v) is 9.27. The predicted molar refractivity (Wildman–Crippen MR) is 118 cm³/mol. The molecule has 1 heteroatoms. The number of benzene rings is 2. The van der Waals surface area contributed by atoms with E-state index in [4.69, 9.17) is 0 Å². The third-order valence-electron chi connectivity index (χ3n) is 7.51. The smallest absolute Gasteiger partial charge is 0.0464 e. The van der Waals surface area contributed by atoms with Gasteiger partial charge in [-0.2, -0.15) is 0 Å². The van der Waals surface area contributed by atoms with Crippen LogP contribution < -0.4 is 0 Å². The number of rotatable bonds is 0. The van der Waals surface area contributed by atoms with Gasteiger partial charge in [0.25, 0.3) is 0 Å². The van der Waals surface area contributed by atoms with E-state index in [9.17, 15) is 0 Å². The average molecular weight is 362 g/mol. The third-order valence-corrected chi connectivity index (χ3v) is 7.51. The lowest BCUT2D eigenvalue weighted by molar-refractivity contribution is 0.118. The van der Waals surface area contributed by atoms with E-state index in [0.29, 0.717) is 5.41 Å². The number of H-pyrrole nitrogens is 1. The molecule has 3 aliphatic rings. The monoisotopic (exact) mass is 361 g/mol. The van der Waals surface area contributed by atoms with Crippen LogP contribution in [0, 0.1) is 29.1 Å². The van der Waals surface area contributed by atoms with Crippen molar-refractivity contribution in [3.05, 3.63) is 48.5 Å². The highest BCUT2D eigenvalue weighted by molar-refractivity contribution is 6.06. The van der Waals surface area contributed by atoms with Gasteiger partial charge in [0.15, 0.2) is 0 Å². The number of hydrogen-bond donors (Lipinski definition) is 1. The molecule has 1 aromatic heterocycles. The maximum absolute atomic E-state index is 3.38. The summed E-state index contributed by atoms with van der Waals surface area (Å²) in [4.78, 5) is 3.38.